The van der Waals surface area contributed by atoms with Gasteiger partial charge in [-0.05, 0) is 61.7 Å². The number of benzene rings is 2. The van der Waals surface area contributed by atoms with Crippen LogP contribution in [0.25, 0.3) is 0 Å². The number of anilines is 2. The number of aryl methyl sites for hydroxylation is 1. The van der Waals surface area contributed by atoms with Gasteiger partial charge in [0.1, 0.15) is 5.75 Å². The summed E-state index contributed by atoms with van der Waals surface area (Å²) in [6, 6.07) is 14.5. The molecule has 0 aromatic heterocycles. The highest BCUT2D eigenvalue weighted by atomic mass is 16.5. The van der Waals surface area contributed by atoms with E-state index in [0.717, 1.165) is 30.7 Å². The van der Waals surface area contributed by atoms with Gasteiger partial charge in [-0.1, -0.05) is 12.1 Å². The van der Waals surface area contributed by atoms with Crippen molar-refractivity contribution in [2.75, 3.05) is 36.5 Å². The molecule has 2 aromatic rings. The highest BCUT2D eigenvalue weighted by molar-refractivity contribution is 6.00. The minimum Gasteiger partial charge on any atom is -0.484 e. The largest absolute Gasteiger partial charge is 0.484 e. The van der Waals surface area contributed by atoms with Crippen LogP contribution in [0.4, 0.5) is 11.4 Å². The number of hydrogen-bond donors (Lipinski definition) is 2. The quantitative estimate of drug-likeness (QED) is 0.643. The van der Waals surface area contributed by atoms with Crippen LogP contribution in [-0.4, -0.2) is 50.1 Å². The van der Waals surface area contributed by atoms with E-state index in [2.05, 4.69) is 10.6 Å². The maximum atomic E-state index is 12.5. The smallest absolute Gasteiger partial charge is 0.262 e. The Balaban J connectivity index is 1.25. The van der Waals surface area contributed by atoms with Gasteiger partial charge < -0.3 is 25.0 Å². The fourth-order valence-corrected chi connectivity index (χ4v) is 4.09. The third kappa shape index (κ3) is 6.10. The third-order valence-electron chi connectivity index (χ3n) is 5.84. The van der Waals surface area contributed by atoms with E-state index in [4.69, 9.17) is 9.47 Å². The topological polar surface area (TPSA) is 97.0 Å². The second-order valence-electron chi connectivity index (χ2n) is 8.49. The molecular formula is C25H29N3O5. The Morgan fingerprint density at radius 2 is 2.00 bits per heavy atom. The van der Waals surface area contributed by atoms with Crippen molar-refractivity contribution >= 4 is 29.1 Å². The Hall–Kier alpha value is -3.39. The molecule has 3 amide bonds. The monoisotopic (exact) mass is 451 g/mol. The van der Waals surface area contributed by atoms with E-state index in [1.54, 1.807) is 29.2 Å². The standard InChI is InChI=1S/C25H29N3O5/c1-17-4-2-5-19(12-17)27-23(29)16-33-21-9-7-20(8-10-21)28-15-18(13-24(28)30)25(31)26-14-22-6-3-11-32-22/h2,4-5,7-10,12,18,22H,3,6,11,13-16H2,1H3,(H,26,31)(H,27,29)/t18-,22+/m0/s1. The summed E-state index contributed by atoms with van der Waals surface area (Å²) >= 11 is 0. The first-order valence-electron chi connectivity index (χ1n) is 11.3. The first kappa shape index (κ1) is 22.8. The Kier molecular flexibility index (Phi) is 7.24. The molecular weight excluding hydrogens is 422 g/mol. The summed E-state index contributed by atoms with van der Waals surface area (Å²) in [7, 11) is 0. The lowest BCUT2D eigenvalue weighted by Gasteiger charge is -2.18. The van der Waals surface area contributed by atoms with Crippen LogP contribution in [0.3, 0.4) is 0 Å². The minimum atomic E-state index is -0.375. The molecule has 0 aliphatic carbocycles. The second-order valence-corrected chi connectivity index (χ2v) is 8.49. The van der Waals surface area contributed by atoms with Crippen LogP contribution in [0.5, 0.6) is 5.75 Å². The second kappa shape index (κ2) is 10.5. The molecule has 174 valence electrons. The van der Waals surface area contributed by atoms with E-state index >= 15 is 0 Å². The molecule has 2 aromatic carbocycles. The number of rotatable bonds is 8. The zero-order valence-corrected chi connectivity index (χ0v) is 18.7. The summed E-state index contributed by atoms with van der Waals surface area (Å²) in [6.45, 7) is 3.41. The van der Waals surface area contributed by atoms with Crippen molar-refractivity contribution in [3.63, 3.8) is 0 Å². The van der Waals surface area contributed by atoms with Gasteiger partial charge in [-0.25, -0.2) is 0 Å². The molecule has 2 aliphatic rings. The van der Waals surface area contributed by atoms with Crippen LogP contribution >= 0.6 is 0 Å². The van der Waals surface area contributed by atoms with Crippen LogP contribution in [0.15, 0.2) is 48.5 Å². The molecule has 2 fully saturated rings. The SMILES string of the molecule is Cc1cccc(NC(=O)COc2ccc(N3C[C@@H](C(=O)NC[C@H]4CCCO4)CC3=O)cc2)c1. The van der Waals surface area contributed by atoms with E-state index in [0.29, 0.717) is 24.5 Å². The fourth-order valence-electron chi connectivity index (χ4n) is 4.09. The molecule has 8 heteroatoms. The van der Waals surface area contributed by atoms with Crippen molar-refractivity contribution in [1.82, 2.24) is 5.32 Å². The van der Waals surface area contributed by atoms with Crippen LogP contribution in [0.1, 0.15) is 24.8 Å². The average molecular weight is 452 g/mol. The molecule has 2 aliphatic heterocycles. The van der Waals surface area contributed by atoms with E-state index < -0.39 is 0 Å². The van der Waals surface area contributed by atoms with Crippen molar-refractivity contribution < 1.29 is 23.9 Å². The maximum absolute atomic E-state index is 12.5. The predicted molar refractivity (Wildman–Crippen MR) is 124 cm³/mol. The summed E-state index contributed by atoms with van der Waals surface area (Å²) in [5.74, 6) is -0.300. The first-order valence-corrected chi connectivity index (χ1v) is 11.3. The average Bonchev–Trinajstić information content (AvgIpc) is 3.46. The van der Waals surface area contributed by atoms with Crippen molar-refractivity contribution in [1.29, 1.82) is 0 Å². The molecule has 2 N–H and O–H groups in total. The normalized spacial score (nSPS) is 20.0. The number of carbonyl (C=O) groups excluding carboxylic acids is 3. The highest BCUT2D eigenvalue weighted by Gasteiger charge is 2.35. The van der Waals surface area contributed by atoms with E-state index in [9.17, 15) is 14.4 Å². The van der Waals surface area contributed by atoms with Crippen LogP contribution in [0, 0.1) is 12.8 Å². The van der Waals surface area contributed by atoms with Gasteiger partial charge in [-0.2, -0.15) is 0 Å². The number of nitrogens with one attached hydrogen (secondary N) is 2. The van der Waals surface area contributed by atoms with Crippen molar-refractivity contribution in [3.05, 3.63) is 54.1 Å². The summed E-state index contributed by atoms with van der Waals surface area (Å²) in [5, 5.41) is 5.71. The molecule has 0 saturated carbocycles. The Bertz CT molecular complexity index is 1000. The fraction of sp³-hybridized carbons (Fsp3) is 0.400. The molecule has 0 unspecified atom stereocenters. The molecule has 2 heterocycles. The predicted octanol–water partition coefficient (Wildman–Crippen LogP) is 2.66. The Morgan fingerprint density at radius 1 is 1.18 bits per heavy atom. The van der Waals surface area contributed by atoms with Crippen molar-refractivity contribution in [2.24, 2.45) is 5.92 Å². The molecule has 2 atom stereocenters. The first-order chi connectivity index (χ1) is 16.0. The van der Waals surface area contributed by atoms with Crippen molar-refractivity contribution in [2.45, 2.75) is 32.3 Å². The van der Waals surface area contributed by atoms with Crippen LogP contribution in [-0.2, 0) is 19.1 Å². The van der Waals surface area contributed by atoms with Gasteiger partial charge in [0.05, 0.1) is 12.0 Å². The number of amides is 3. The lowest BCUT2D eigenvalue weighted by Crippen LogP contribution is -2.37. The molecule has 2 saturated heterocycles. The van der Waals surface area contributed by atoms with Crippen LogP contribution in [0.2, 0.25) is 0 Å². The van der Waals surface area contributed by atoms with Gasteiger partial charge in [0.2, 0.25) is 11.8 Å². The molecule has 8 nitrogen and oxygen atoms in total. The van der Waals surface area contributed by atoms with Crippen molar-refractivity contribution in [3.8, 4) is 5.75 Å². The third-order valence-corrected chi connectivity index (χ3v) is 5.84. The number of ether oxygens (including phenoxy) is 2. The number of hydrogen-bond acceptors (Lipinski definition) is 5. The molecule has 0 spiro atoms. The summed E-state index contributed by atoms with van der Waals surface area (Å²) in [5.41, 5.74) is 2.48. The Morgan fingerprint density at radius 3 is 2.73 bits per heavy atom. The van der Waals surface area contributed by atoms with Gasteiger partial charge in [0, 0.05) is 37.5 Å². The number of nitrogens with zero attached hydrogens (tertiary/aromatic N) is 1. The van der Waals surface area contributed by atoms with E-state index in [-0.39, 0.29) is 42.8 Å². The summed E-state index contributed by atoms with van der Waals surface area (Å²) in [4.78, 5) is 38.7. The van der Waals surface area contributed by atoms with Gasteiger partial charge in [0.15, 0.2) is 6.61 Å². The van der Waals surface area contributed by atoms with E-state index in [1.165, 1.54) is 0 Å². The number of carbonyl (C=O) groups is 3. The minimum absolute atomic E-state index is 0.0774. The molecule has 33 heavy (non-hydrogen) atoms. The highest BCUT2D eigenvalue weighted by Crippen LogP contribution is 2.27. The van der Waals surface area contributed by atoms with Gasteiger partial charge in [0.25, 0.3) is 5.91 Å². The molecule has 0 radical (unpaired) electrons. The zero-order chi connectivity index (χ0) is 23.2. The van der Waals surface area contributed by atoms with Gasteiger partial charge in [-0.15, -0.1) is 0 Å². The Labute approximate surface area is 193 Å². The summed E-state index contributed by atoms with van der Waals surface area (Å²) in [6.07, 6.45) is 2.24. The molecule has 4 rings (SSSR count). The van der Waals surface area contributed by atoms with Gasteiger partial charge >= 0.3 is 0 Å². The maximum Gasteiger partial charge on any atom is 0.262 e. The zero-order valence-electron chi connectivity index (χ0n) is 18.7. The lowest BCUT2D eigenvalue weighted by molar-refractivity contribution is -0.126. The van der Waals surface area contributed by atoms with Gasteiger partial charge in [-0.3, -0.25) is 14.4 Å². The summed E-state index contributed by atoms with van der Waals surface area (Å²) < 4.78 is 11.1. The van der Waals surface area contributed by atoms with E-state index in [1.807, 2.05) is 31.2 Å². The molecule has 0 bridgehead atoms. The van der Waals surface area contributed by atoms with Crippen LogP contribution < -0.4 is 20.3 Å². The lowest BCUT2D eigenvalue weighted by atomic mass is 10.1.